The number of carbonyl (C=O) groups is 1. The van der Waals surface area contributed by atoms with Crippen LogP contribution in [0.3, 0.4) is 0 Å². The van der Waals surface area contributed by atoms with Gasteiger partial charge in [-0.3, -0.25) is 4.79 Å². The first-order valence-corrected chi connectivity index (χ1v) is 8.96. The van der Waals surface area contributed by atoms with Gasteiger partial charge in [-0.05, 0) is 32.0 Å². The monoisotopic (exact) mass is 345 g/mol. The Morgan fingerprint density at radius 2 is 1.79 bits per heavy atom. The van der Waals surface area contributed by atoms with Gasteiger partial charge in [0.15, 0.2) is 0 Å². The maximum atomic E-state index is 12.4. The number of amides is 1. The molecule has 0 aliphatic heterocycles. The molecule has 1 atom stereocenters. The Kier molecular flexibility index (Phi) is 7.00. The second-order valence-electron chi connectivity index (χ2n) is 5.18. The Hall–Kier alpha value is -2.14. The number of ether oxygens (including phenoxy) is 2. The van der Waals surface area contributed by atoms with E-state index in [4.69, 9.17) is 9.47 Å². The fourth-order valence-electron chi connectivity index (χ4n) is 2.19. The molecule has 2 aromatic carbocycles. The van der Waals surface area contributed by atoms with Gasteiger partial charge in [-0.2, -0.15) is 0 Å². The highest BCUT2D eigenvalue weighted by Gasteiger charge is 2.16. The molecule has 2 rings (SSSR count). The number of nitrogens with one attached hydrogen (secondary N) is 1. The van der Waals surface area contributed by atoms with Crippen molar-refractivity contribution in [1.29, 1.82) is 0 Å². The van der Waals surface area contributed by atoms with Crippen molar-refractivity contribution in [2.45, 2.75) is 24.9 Å². The molecule has 0 radical (unpaired) electrons. The van der Waals surface area contributed by atoms with Gasteiger partial charge in [0.2, 0.25) is 5.91 Å². The lowest BCUT2D eigenvalue weighted by molar-refractivity contribution is -0.115. The summed E-state index contributed by atoms with van der Waals surface area (Å²) in [6.45, 7) is 4.50. The lowest BCUT2D eigenvalue weighted by atomic mass is 10.2. The molecule has 0 fully saturated rings. The maximum absolute atomic E-state index is 12.4. The highest BCUT2D eigenvalue weighted by Crippen LogP contribution is 2.27. The third-order valence-electron chi connectivity index (χ3n) is 3.50. The van der Waals surface area contributed by atoms with Crippen LogP contribution in [0.2, 0.25) is 0 Å². The molecule has 0 spiro atoms. The van der Waals surface area contributed by atoms with Crippen molar-refractivity contribution < 1.29 is 14.3 Å². The number of anilines is 1. The smallest absolute Gasteiger partial charge is 0.237 e. The molecule has 2 aromatic rings. The van der Waals surface area contributed by atoms with Crippen LogP contribution in [0.1, 0.15) is 19.4 Å². The summed E-state index contributed by atoms with van der Waals surface area (Å²) in [7, 11) is 1.59. The molecule has 4 nitrogen and oxygen atoms in total. The van der Waals surface area contributed by atoms with Crippen LogP contribution in [0.5, 0.6) is 11.5 Å². The summed E-state index contributed by atoms with van der Waals surface area (Å²) in [5.41, 5.74) is 1.79. The Morgan fingerprint density at radius 3 is 2.50 bits per heavy atom. The van der Waals surface area contributed by atoms with E-state index in [1.165, 1.54) is 0 Å². The average Bonchev–Trinajstić information content (AvgIpc) is 2.61. The number of benzene rings is 2. The average molecular weight is 345 g/mol. The van der Waals surface area contributed by atoms with E-state index in [0.29, 0.717) is 18.0 Å². The van der Waals surface area contributed by atoms with Crippen molar-refractivity contribution in [3.8, 4) is 11.5 Å². The van der Waals surface area contributed by atoms with E-state index < -0.39 is 0 Å². The fourth-order valence-corrected chi connectivity index (χ4v) is 3.07. The van der Waals surface area contributed by atoms with Crippen LogP contribution in [0.25, 0.3) is 0 Å². The van der Waals surface area contributed by atoms with Gasteiger partial charge in [-0.1, -0.05) is 30.3 Å². The van der Waals surface area contributed by atoms with E-state index >= 15 is 0 Å². The van der Waals surface area contributed by atoms with Crippen molar-refractivity contribution in [3.63, 3.8) is 0 Å². The highest BCUT2D eigenvalue weighted by molar-refractivity contribution is 7.99. The Labute approximate surface area is 147 Å². The molecule has 0 aliphatic carbocycles. The molecule has 0 saturated carbocycles. The summed E-state index contributed by atoms with van der Waals surface area (Å²) in [4.78, 5) is 12.4. The lowest BCUT2D eigenvalue weighted by Gasteiger charge is -2.15. The molecule has 1 N–H and O–H groups in total. The number of thioether (sulfide) groups is 1. The number of hydrogen-bond acceptors (Lipinski definition) is 4. The number of carbonyl (C=O) groups excluding carboxylic acids is 1. The third kappa shape index (κ3) is 4.93. The minimum Gasteiger partial charge on any atom is -0.495 e. The van der Waals surface area contributed by atoms with Crippen molar-refractivity contribution in [2.24, 2.45) is 0 Å². The molecule has 0 aliphatic rings. The van der Waals surface area contributed by atoms with E-state index in [0.717, 1.165) is 17.1 Å². The van der Waals surface area contributed by atoms with E-state index in [2.05, 4.69) is 5.32 Å². The Morgan fingerprint density at radius 1 is 1.12 bits per heavy atom. The van der Waals surface area contributed by atoms with Gasteiger partial charge < -0.3 is 14.8 Å². The van der Waals surface area contributed by atoms with Gasteiger partial charge in [-0.15, -0.1) is 11.8 Å². The largest absolute Gasteiger partial charge is 0.495 e. The van der Waals surface area contributed by atoms with Crippen LogP contribution in [0, 0.1) is 0 Å². The third-order valence-corrected chi connectivity index (χ3v) is 4.69. The van der Waals surface area contributed by atoms with Crippen molar-refractivity contribution in [1.82, 2.24) is 0 Å². The van der Waals surface area contributed by atoms with Crippen molar-refractivity contribution in [3.05, 3.63) is 54.1 Å². The second kappa shape index (κ2) is 9.23. The molecule has 0 saturated heterocycles. The van der Waals surface area contributed by atoms with Gasteiger partial charge in [0.1, 0.15) is 11.5 Å². The minimum absolute atomic E-state index is 0.0432. The SMILES string of the molecule is CCOc1ccccc1CS[C@H](C)C(=O)Nc1ccccc1OC. The number of methoxy groups -OCH3 is 1. The quantitative estimate of drug-likeness (QED) is 0.772. The predicted molar refractivity (Wildman–Crippen MR) is 100.0 cm³/mol. The number of rotatable bonds is 8. The van der Waals surface area contributed by atoms with E-state index in [1.54, 1.807) is 18.9 Å². The topological polar surface area (TPSA) is 47.6 Å². The van der Waals surface area contributed by atoms with Gasteiger partial charge >= 0.3 is 0 Å². The first kappa shape index (κ1) is 18.2. The molecule has 0 heterocycles. The standard InChI is InChI=1S/C19H23NO3S/c1-4-23-17-11-7-5-9-15(17)13-24-14(2)19(21)20-16-10-6-8-12-18(16)22-3/h5-12,14H,4,13H2,1-3H3,(H,20,21)/t14-/m1/s1. The minimum atomic E-state index is -0.190. The predicted octanol–water partition coefficient (Wildman–Crippen LogP) is 4.35. The zero-order valence-corrected chi connectivity index (χ0v) is 15.1. The van der Waals surface area contributed by atoms with Gasteiger partial charge in [-0.25, -0.2) is 0 Å². The van der Waals surface area contributed by atoms with E-state index in [9.17, 15) is 4.79 Å². The molecule has 0 aromatic heterocycles. The summed E-state index contributed by atoms with van der Waals surface area (Å²) in [6, 6.07) is 15.3. The summed E-state index contributed by atoms with van der Waals surface area (Å²) in [5, 5.41) is 2.73. The Balaban J connectivity index is 1.95. The molecule has 24 heavy (non-hydrogen) atoms. The van der Waals surface area contributed by atoms with E-state index in [-0.39, 0.29) is 11.2 Å². The fraction of sp³-hybridized carbons (Fsp3) is 0.316. The van der Waals surface area contributed by atoms with Crippen LogP contribution in [-0.2, 0) is 10.5 Å². The summed E-state index contributed by atoms with van der Waals surface area (Å²) in [6.07, 6.45) is 0. The van der Waals surface area contributed by atoms with Gasteiger partial charge in [0.05, 0.1) is 24.7 Å². The molecule has 0 unspecified atom stereocenters. The molecule has 128 valence electrons. The first-order valence-electron chi connectivity index (χ1n) is 7.92. The van der Waals surface area contributed by atoms with Crippen LogP contribution < -0.4 is 14.8 Å². The normalized spacial score (nSPS) is 11.6. The summed E-state index contributed by atoms with van der Waals surface area (Å²) >= 11 is 1.58. The van der Waals surface area contributed by atoms with Crippen LogP contribution in [0.15, 0.2) is 48.5 Å². The summed E-state index contributed by atoms with van der Waals surface area (Å²) < 4.78 is 10.9. The van der Waals surface area contributed by atoms with Crippen molar-refractivity contribution in [2.75, 3.05) is 19.0 Å². The highest BCUT2D eigenvalue weighted by atomic mass is 32.2. The van der Waals surface area contributed by atoms with Gasteiger partial charge in [0, 0.05) is 11.3 Å². The van der Waals surface area contributed by atoms with Crippen LogP contribution >= 0.6 is 11.8 Å². The first-order chi connectivity index (χ1) is 11.7. The maximum Gasteiger partial charge on any atom is 0.237 e. The second-order valence-corrected chi connectivity index (χ2v) is 6.51. The van der Waals surface area contributed by atoms with Crippen molar-refractivity contribution >= 4 is 23.4 Å². The van der Waals surface area contributed by atoms with Crippen LogP contribution in [-0.4, -0.2) is 24.9 Å². The molecule has 1 amide bonds. The zero-order valence-electron chi connectivity index (χ0n) is 14.2. The Bertz CT molecular complexity index is 675. The van der Waals surface area contributed by atoms with Crippen LogP contribution in [0.4, 0.5) is 5.69 Å². The van der Waals surface area contributed by atoms with Gasteiger partial charge in [0.25, 0.3) is 0 Å². The summed E-state index contributed by atoms with van der Waals surface area (Å²) in [5.74, 6) is 2.21. The zero-order chi connectivity index (χ0) is 17.4. The molecular weight excluding hydrogens is 322 g/mol. The molecular formula is C19H23NO3S. The lowest BCUT2D eigenvalue weighted by Crippen LogP contribution is -2.22. The molecule has 0 bridgehead atoms. The molecule has 5 heteroatoms. The number of hydrogen-bond donors (Lipinski definition) is 1. The van der Waals surface area contributed by atoms with E-state index in [1.807, 2.05) is 62.4 Å². The number of para-hydroxylation sites is 3.